The van der Waals surface area contributed by atoms with Crippen LogP contribution >= 0.6 is 0 Å². The molecule has 1 saturated heterocycles. The van der Waals surface area contributed by atoms with E-state index in [0.717, 1.165) is 32.8 Å². The molecule has 1 aromatic carbocycles. The summed E-state index contributed by atoms with van der Waals surface area (Å²) >= 11 is 0. The average molecular weight is 266 g/mol. The molecule has 1 aliphatic heterocycles. The first-order valence-corrected chi connectivity index (χ1v) is 6.52. The van der Waals surface area contributed by atoms with Crippen molar-refractivity contribution in [2.75, 3.05) is 39.4 Å². The number of carbonyl (C=O) groups is 1. The second kappa shape index (κ2) is 6.63. The van der Waals surface area contributed by atoms with Crippen LogP contribution in [0.5, 0.6) is 0 Å². The van der Waals surface area contributed by atoms with Crippen LogP contribution in [0.15, 0.2) is 18.2 Å². The van der Waals surface area contributed by atoms with E-state index in [4.69, 9.17) is 4.74 Å². The van der Waals surface area contributed by atoms with Gasteiger partial charge in [-0.2, -0.15) is 0 Å². The zero-order chi connectivity index (χ0) is 13.7. The molecule has 1 aliphatic rings. The molecule has 1 fully saturated rings. The van der Waals surface area contributed by atoms with Gasteiger partial charge in [0.15, 0.2) is 0 Å². The van der Waals surface area contributed by atoms with Crippen LogP contribution < -0.4 is 5.32 Å². The van der Waals surface area contributed by atoms with Crippen molar-refractivity contribution in [2.45, 2.75) is 6.92 Å². The molecule has 0 aliphatic carbocycles. The lowest BCUT2D eigenvalue weighted by atomic mass is 10.1. The Morgan fingerprint density at radius 3 is 2.89 bits per heavy atom. The smallest absolute Gasteiger partial charge is 0.254 e. The summed E-state index contributed by atoms with van der Waals surface area (Å²) in [5.41, 5.74) is 0.600. The van der Waals surface area contributed by atoms with Crippen molar-refractivity contribution < 1.29 is 13.9 Å². The first-order valence-electron chi connectivity index (χ1n) is 6.52. The Hall–Kier alpha value is -1.46. The van der Waals surface area contributed by atoms with E-state index >= 15 is 0 Å². The highest BCUT2D eigenvalue weighted by atomic mass is 19.1. The molecule has 104 valence electrons. The lowest BCUT2D eigenvalue weighted by Crippen LogP contribution is -2.41. The van der Waals surface area contributed by atoms with Crippen molar-refractivity contribution in [2.24, 2.45) is 0 Å². The molecule has 0 atom stereocenters. The summed E-state index contributed by atoms with van der Waals surface area (Å²) < 4.78 is 19.0. The fourth-order valence-corrected chi connectivity index (χ4v) is 2.07. The van der Waals surface area contributed by atoms with Gasteiger partial charge in [0.05, 0.1) is 18.8 Å². The molecule has 0 spiro atoms. The molecule has 0 unspecified atom stereocenters. The highest BCUT2D eigenvalue weighted by Crippen LogP contribution is 2.11. The van der Waals surface area contributed by atoms with Crippen LogP contribution in [0.3, 0.4) is 0 Å². The Labute approximate surface area is 112 Å². The highest BCUT2D eigenvalue weighted by molar-refractivity contribution is 5.94. The monoisotopic (exact) mass is 266 g/mol. The fraction of sp³-hybridized carbons (Fsp3) is 0.500. The number of hydrogen-bond acceptors (Lipinski definition) is 3. The number of nitrogens with one attached hydrogen (secondary N) is 1. The first-order chi connectivity index (χ1) is 9.18. The van der Waals surface area contributed by atoms with Crippen molar-refractivity contribution in [1.29, 1.82) is 0 Å². The lowest BCUT2D eigenvalue weighted by molar-refractivity contribution is 0.0383. The first kappa shape index (κ1) is 14.0. The molecule has 4 nitrogen and oxygen atoms in total. The predicted molar refractivity (Wildman–Crippen MR) is 70.7 cm³/mol. The third kappa shape index (κ3) is 3.75. The van der Waals surface area contributed by atoms with E-state index in [1.807, 2.05) is 0 Å². The molecular weight excluding hydrogens is 247 g/mol. The lowest BCUT2D eigenvalue weighted by Gasteiger charge is -2.26. The number of hydrogen-bond donors (Lipinski definition) is 1. The number of halogens is 1. The quantitative estimate of drug-likeness (QED) is 0.890. The molecule has 0 aromatic heterocycles. The molecule has 1 heterocycles. The molecule has 0 saturated carbocycles. The van der Waals surface area contributed by atoms with Gasteiger partial charge >= 0.3 is 0 Å². The van der Waals surface area contributed by atoms with Crippen LogP contribution in [-0.2, 0) is 4.74 Å². The number of benzene rings is 1. The van der Waals surface area contributed by atoms with Gasteiger partial charge in [-0.05, 0) is 18.6 Å². The standard InChI is InChI=1S/C14H19FN2O2/c1-11-3-2-4-12(13(11)15)14(18)16-5-6-17-7-9-19-10-8-17/h2-4H,5-10H2,1H3,(H,16,18). The molecule has 1 aromatic rings. The van der Waals surface area contributed by atoms with Crippen molar-refractivity contribution in [1.82, 2.24) is 10.2 Å². The maximum absolute atomic E-state index is 13.7. The van der Waals surface area contributed by atoms with Gasteiger partial charge in [-0.25, -0.2) is 4.39 Å². The van der Waals surface area contributed by atoms with E-state index in [1.165, 1.54) is 6.07 Å². The Balaban J connectivity index is 1.82. The molecule has 0 radical (unpaired) electrons. The van der Waals surface area contributed by atoms with E-state index < -0.39 is 5.82 Å². The van der Waals surface area contributed by atoms with Gasteiger partial charge in [0, 0.05) is 26.2 Å². The van der Waals surface area contributed by atoms with E-state index in [2.05, 4.69) is 10.2 Å². The summed E-state index contributed by atoms with van der Waals surface area (Å²) in [7, 11) is 0. The minimum Gasteiger partial charge on any atom is -0.379 e. The van der Waals surface area contributed by atoms with E-state index in [0.29, 0.717) is 12.1 Å². The number of amides is 1. The molecular formula is C14H19FN2O2. The number of carbonyl (C=O) groups excluding carboxylic acids is 1. The SMILES string of the molecule is Cc1cccc(C(=O)NCCN2CCOCC2)c1F. The minimum atomic E-state index is -0.439. The molecule has 0 bridgehead atoms. The highest BCUT2D eigenvalue weighted by Gasteiger charge is 2.14. The van der Waals surface area contributed by atoms with Gasteiger partial charge in [0.1, 0.15) is 5.82 Å². The maximum Gasteiger partial charge on any atom is 0.254 e. The Kier molecular flexibility index (Phi) is 4.87. The van der Waals surface area contributed by atoms with Crippen LogP contribution in [-0.4, -0.2) is 50.2 Å². The van der Waals surface area contributed by atoms with Crippen LogP contribution in [0, 0.1) is 12.7 Å². The third-order valence-electron chi connectivity index (χ3n) is 3.25. The van der Waals surface area contributed by atoms with Gasteiger partial charge < -0.3 is 10.1 Å². The van der Waals surface area contributed by atoms with Gasteiger partial charge in [-0.15, -0.1) is 0 Å². The summed E-state index contributed by atoms with van der Waals surface area (Å²) in [6.45, 7) is 6.18. The van der Waals surface area contributed by atoms with Crippen LogP contribution in [0.2, 0.25) is 0 Å². The largest absolute Gasteiger partial charge is 0.379 e. The van der Waals surface area contributed by atoms with Crippen molar-refractivity contribution >= 4 is 5.91 Å². The minimum absolute atomic E-state index is 0.113. The van der Waals surface area contributed by atoms with Gasteiger partial charge in [-0.1, -0.05) is 12.1 Å². The van der Waals surface area contributed by atoms with Gasteiger partial charge in [-0.3, -0.25) is 9.69 Å². The molecule has 1 N–H and O–H groups in total. The second-order valence-electron chi connectivity index (χ2n) is 4.65. The topological polar surface area (TPSA) is 41.6 Å². The Morgan fingerprint density at radius 1 is 1.42 bits per heavy atom. The van der Waals surface area contributed by atoms with Crippen molar-refractivity contribution in [3.05, 3.63) is 35.1 Å². The second-order valence-corrected chi connectivity index (χ2v) is 4.65. The predicted octanol–water partition coefficient (Wildman–Crippen LogP) is 1.20. The molecule has 1 amide bonds. The number of ether oxygens (including phenoxy) is 1. The normalized spacial score (nSPS) is 16.3. The van der Waals surface area contributed by atoms with E-state index in [-0.39, 0.29) is 11.5 Å². The molecule has 2 rings (SSSR count). The third-order valence-corrected chi connectivity index (χ3v) is 3.25. The zero-order valence-corrected chi connectivity index (χ0v) is 11.1. The van der Waals surface area contributed by atoms with Gasteiger partial charge in [0.2, 0.25) is 0 Å². The number of morpholine rings is 1. The van der Waals surface area contributed by atoms with Crippen LogP contribution in [0.25, 0.3) is 0 Å². The number of aryl methyl sites for hydroxylation is 1. The summed E-state index contributed by atoms with van der Waals surface area (Å²) in [5.74, 6) is -0.791. The average Bonchev–Trinajstić information content (AvgIpc) is 2.43. The Morgan fingerprint density at radius 2 is 2.16 bits per heavy atom. The summed E-state index contributed by atoms with van der Waals surface area (Å²) in [6, 6.07) is 4.85. The van der Waals surface area contributed by atoms with E-state index in [9.17, 15) is 9.18 Å². The number of rotatable bonds is 4. The summed E-state index contributed by atoms with van der Waals surface area (Å²) in [5, 5.41) is 2.75. The number of nitrogens with zero attached hydrogens (tertiary/aromatic N) is 1. The summed E-state index contributed by atoms with van der Waals surface area (Å²) in [4.78, 5) is 14.1. The molecule has 5 heteroatoms. The molecule has 19 heavy (non-hydrogen) atoms. The van der Waals surface area contributed by atoms with E-state index in [1.54, 1.807) is 19.1 Å². The van der Waals surface area contributed by atoms with Gasteiger partial charge in [0.25, 0.3) is 5.91 Å². The van der Waals surface area contributed by atoms with Crippen molar-refractivity contribution in [3.63, 3.8) is 0 Å². The maximum atomic E-state index is 13.7. The van der Waals surface area contributed by atoms with Crippen LogP contribution in [0.4, 0.5) is 4.39 Å². The Bertz CT molecular complexity index is 445. The zero-order valence-electron chi connectivity index (χ0n) is 11.1. The van der Waals surface area contributed by atoms with Crippen LogP contribution in [0.1, 0.15) is 15.9 Å². The fourth-order valence-electron chi connectivity index (χ4n) is 2.07. The van der Waals surface area contributed by atoms with Crippen molar-refractivity contribution in [3.8, 4) is 0 Å². The summed E-state index contributed by atoms with van der Waals surface area (Å²) in [6.07, 6.45) is 0.